The van der Waals surface area contributed by atoms with Crippen molar-refractivity contribution in [3.05, 3.63) is 39.8 Å². The number of nitrogen functional groups attached to an aromatic ring is 1. The average Bonchev–Trinajstić information content (AvgIpc) is 3.03. The first-order valence-electron chi connectivity index (χ1n) is 9.18. The van der Waals surface area contributed by atoms with E-state index >= 15 is 0 Å². The van der Waals surface area contributed by atoms with Crippen LogP contribution in [0.25, 0.3) is 0 Å². The van der Waals surface area contributed by atoms with Crippen LogP contribution in [-0.2, 0) is 17.8 Å². The number of benzene rings is 1. The van der Waals surface area contributed by atoms with Crippen molar-refractivity contribution in [2.75, 3.05) is 40.7 Å². The summed E-state index contributed by atoms with van der Waals surface area (Å²) in [5.41, 5.74) is 7.97. The van der Waals surface area contributed by atoms with Gasteiger partial charge in [-0.05, 0) is 25.1 Å². The molecule has 8 nitrogen and oxygen atoms in total. The topological polar surface area (TPSA) is 104 Å². The van der Waals surface area contributed by atoms with Crippen LogP contribution in [0.3, 0.4) is 0 Å². The van der Waals surface area contributed by atoms with Crippen molar-refractivity contribution in [2.24, 2.45) is 0 Å². The standard InChI is InChI=1S/C20H27N3O5S/c1-6-28-20(25)16-13(17(19(24)22-2)29-18(16)21)11-23(3)10-12-7-8-14(26-4)15(9-12)27-5/h7-9H,6,10-11,21H2,1-5H3,(H,22,24)/p+1. The number of hydrogen-bond acceptors (Lipinski definition) is 7. The van der Waals surface area contributed by atoms with Crippen LogP contribution in [0, 0.1) is 0 Å². The number of ether oxygens (including phenoxy) is 3. The molecule has 0 aliphatic carbocycles. The van der Waals surface area contributed by atoms with Gasteiger partial charge in [0, 0.05) is 18.2 Å². The van der Waals surface area contributed by atoms with Gasteiger partial charge in [-0.25, -0.2) is 4.79 Å². The summed E-state index contributed by atoms with van der Waals surface area (Å²) in [6.07, 6.45) is 0. The second-order valence-electron chi connectivity index (χ2n) is 6.45. The third kappa shape index (κ3) is 5.18. The molecule has 1 amide bonds. The first-order valence-corrected chi connectivity index (χ1v) is 10.00. The van der Waals surface area contributed by atoms with Crippen LogP contribution in [0.5, 0.6) is 11.5 Å². The van der Waals surface area contributed by atoms with Crippen molar-refractivity contribution in [3.63, 3.8) is 0 Å². The fourth-order valence-electron chi connectivity index (χ4n) is 3.08. The minimum Gasteiger partial charge on any atom is -0.493 e. The molecule has 1 heterocycles. The molecule has 1 atom stereocenters. The molecule has 0 aliphatic heterocycles. The molecule has 158 valence electrons. The summed E-state index contributed by atoms with van der Waals surface area (Å²) >= 11 is 1.10. The first kappa shape index (κ1) is 22.5. The number of rotatable bonds is 9. The lowest BCUT2D eigenvalue weighted by molar-refractivity contribution is -0.907. The highest BCUT2D eigenvalue weighted by atomic mass is 32.1. The summed E-state index contributed by atoms with van der Waals surface area (Å²) in [7, 11) is 6.71. The SMILES string of the molecule is CCOC(=O)c1c(N)sc(C(=O)NC)c1C[NH+](C)Cc1ccc(OC)c(OC)c1. The van der Waals surface area contributed by atoms with E-state index in [-0.39, 0.29) is 23.1 Å². The number of hydrogen-bond donors (Lipinski definition) is 3. The van der Waals surface area contributed by atoms with Gasteiger partial charge < -0.3 is 30.2 Å². The van der Waals surface area contributed by atoms with Crippen LogP contribution in [-0.4, -0.2) is 46.8 Å². The molecule has 0 saturated heterocycles. The highest BCUT2D eigenvalue weighted by Gasteiger charge is 2.28. The number of anilines is 1. The maximum absolute atomic E-state index is 12.4. The number of amides is 1. The Morgan fingerprint density at radius 3 is 2.45 bits per heavy atom. The van der Waals surface area contributed by atoms with E-state index in [4.69, 9.17) is 19.9 Å². The van der Waals surface area contributed by atoms with E-state index in [1.165, 1.54) is 0 Å². The zero-order valence-corrected chi connectivity index (χ0v) is 18.2. The van der Waals surface area contributed by atoms with E-state index in [2.05, 4.69) is 5.32 Å². The molecule has 0 aliphatic rings. The summed E-state index contributed by atoms with van der Waals surface area (Å²) < 4.78 is 15.8. The Balaban J connectivity index is 2.32. The first-order chi connectivity index (χ1) is 13.9. The predicted octanol–water partition coefficient (Wildman–Crippen LogP) is 1.10. The second-order valence-corrected chi connectivity index (χ2v) is 7.50. The number of nitrogens with one attached hydrogen (secondary N) is 2. The van der Waals surface area contributed by atoms with Gasteiger partial charge >= 0.3 is 5.97 Å². The Labute approximate surface area is 174 Å². The lowest BCUT2D eigenvalue weighted by Crippen LogP contribution is -3.06. The second kappa shape index (κ2) is 10.1. The molecule has 0 spiro atoms. The number of quaternary nitrogens is 1. The Hall–Kier alpha value is -2.78. The Morgan fingerprint density at radius 2 is 1.86 bits per heavy atom. The van der Waals surface area contributed by atoms with Crippen LogP contribution in [0.1, 0.15) is 38.1 Å². The summed E-state index contributed by atoms with van der Waals surface area (Å²) in [5, 5.41) is 2.90. The molecule has 0 bridgehead atoms. The highest BCUT2D eigenvalue weighted by molar-refractivity contribution is 7.18. The molecule has 4 N–H and O–H groups in total. The molecule has 2 rings (SSSR count). The van der Waals surface area contributed by atoms with Gasteiger partial charge in [0.25, 0.3) is 5.91 Å². The Morgan fingerprint density at radius 1 is 1.17 bits per heavy atom. The van der Waals surface area contributed by atoms with Gasteiger partial charge in [-0.15, -0.1) is 11.3 Å². The fraction of sp³-hybridized carbons (Fsp3) is 0.400. The third-order valence-electron chi connectivity index (χ3n) is 4.38. The van der Waals surface area contributed by atoms with Gasteiger partial charge in [-0.2, -0.15) is 0 Å². The number of methoxy groups -OCH3 is 2. The monoisotopic (exact) mass is 422 g/mol. The van der Waals surface area contributed by atoms with Gasteiger partial charge in [-0.3, -0.25) is 4.79 Å². The van der Waals surface area contributed by atoms with Crippen molar-refractivity contribution in [1.29, 1.82) is 0 Å². The van der Waals surface area contributed by atoms with Crippen molar-refractivity contribution < 1.29 is 28.7 Å². The molecule has 29 heavy (non-hydrogen) atoms. The molecule has 0 saturated carbocycles. The van der Waals surface area contributed by atoms with E-state index in [0.29, 0.717) is 35.0 Å². The summed E-state index contributed by atoms with van der Waals surface area (Å²) in [4.78, 5) is 26.3. The smallest absolute Gasteiger partial charge is 0.341 e. The molecule has 1 unspecified atom stereocenters. The van der Waals surface area contributed by atoms with Crippen LogP contribution in [0.4, 0.5) is 5.00 Å². The van der Waals surface area contributed by atoms with E-state index < -0.39 is 5.97 Å². The molecule has 1 aromatic carbocycles. The summed E-state index contributed by atoms with van der Waals surface area (Å²) in [6, 6.07) is 5.72. The molecule has 2 aromatic rings. The van der Waals surface area contributed by atoms with Crippen molar-refractivity contribution >= 4 is 28.2 Å². The number of carbonyl (C=O) groups excluding carboxylic acids is 2. The number of carbonyl (C=O) groups is 2. The van der Waals surface area contributed by atoms with Gasteiger partial charge in [0.1, 0.15) is 28.5 Å². The predicted molar refractivity (Wildman–Crippen MR) is 112 cm³/mol. The largest absolute Gasteiger partial charge is 0.493 e. The van der Waals surface area contributed by atoms with Crippen LogP contribution in [0.15, 0.2) is 18.2 Å². The molecule has 0 fully saturated rings. The van der Waals surface area contributed by atoms with E-state index in [1.807, 2.05) is 25.2 Å². The highest BCUT2D eigenvalue weighted by Crippen LogP contribution is 2.32. The zero-order chi connectivity index (χ0) is 21.6. The number of esters is 1. The average molecular weight is 423 g/mol. The quantitative estimate of drug-likeness (QED) is 0.523. The molecule has 9 heteroatoms. The van der Waals surface area contributed by atoms with Crippen molar-refractivity contribution in [3.8, 4) is 11.5 Å². The third-order valence-corrected chi connectivity index (χ3v) is 5.44. The normalized spacial score (nSPS) is 11.6. The van der Waals surface area contributed by atoms with Crippen LogP contribution >= 0.6 is 11.3 Å². The van der Waals surface area contributed by atoms with Crippen LogP contribution in [0.2, 0.25) is 0 Å². The summed E-state index contributed by atoms with van der Waals surface area (Å²) in [5.74, 6) is 0.526. The fourth-order valence-corrected chi connectivity index (χ4v) is 4.10. The molecular weight excluding hydrogens is 394 g/mol. The number of thiophene rings is 1. The Kier molecular flexibility index (Phi) is 7.86. The van der Waals surface area contributed by atoms with E-state index in [1.54, 1.807) is 28.2 Å². The van der Waals surface area contributed by atoms with Crippen molar-refractivity contribution in [1.82, 2.24) is 5.32 Å². The number of nitrogens with two attached hydrogens (primary N) is 1. The van der Waals surface area contributed by atoms with Gasteiger partial charge in [0.2, 0.25) is 0 Å². The lowest BCUT2D eigenvalue weighted by Gasteiger charge is -2.17. The zero-order valence-electron chi connectivity index (χ0n) is 17.4. The minimum absolute atomic E-state index is 0.233. The van der Waals surface area contributed by atoms with Gasteiger partial charge in [0.05, 0.1) is 27.9 Å². The maximum Gasteiger partial charge on any atom is 0.341 e. The van der Waals surface area contributed by atoms with Crippen LogP contribution < -0.4 is 25.4 Å². The van der Waals surface area contributed by atoms with Gasteiger partial charge in [-0.1, -0.05) is 0 Å². The Bertz CT molecular complexity index is 881. The minimum atomic E-state index is -0.509. The maximum atomic E-state index is 12.4. The molecule has 1 aromatic heterocycles. The van der Waals surface area contributed by atoms with Gasteiger partial charge in [0.15, 0.2) is 11.5 Å². The van der Waals surface area contributed by atoms with E-state index in [0.717, 1.165) is 21.8 Å². The lowest BCUT2D eigenvalue weighted by atomic mass is 10.1. The summed E-state index contributed by atoms with van der Waals surface area (Å²) in [6.45, 7) is 3.04. The van der Waals surface area contributed by atoms with E-state index in [9.17, 15) is 9.59 Å². The van der Waals surface area contributed by atoms with Crippen molar-refractivity contribution in [2.45, 2.75) is 20.0 Å². The molecule has 0 radical (unpaired) electrons. The molecular formula is C20H28N3O5S+.